The molecule has 1 aromatic heterocycles. The highest BCUT2D eigenvalue weighted by Crippen LogP contribution is 2.28. The normalized spacial score (nSPS) is 13.3. The predicted octanol–water partition coefficient (Wildman–Crippen LogP) is 2.88. The van der Waals surface area contributed by atoms with Gasteiger partial charge in [-0.2, -0.15) is 0 Å². The van der Waals surface area contributed by atoms with Crippen LogP contribution in [0.3, 0.4) is 0 Å². The summed E-state index contributed by atoms with van der Waals surface area (Å²) in [6.07, 6.45) is 1.09. The lowest BCUT2D eigenvalue weighted by Crippen LogP contribution is -2.16. The molecule has 1 rings (SSSR count). The van der Waals surface area contributed by atoms with Crippen molar-refractivity contribution in [3.8, 4) is 0 Å². The van der Waals surface area contributed by atoms with Gasteiger partial charge in [0.1, 0.15) is 11.5 Å². The van der Waals surface area contributed by atoms with E-state index in [0.29, 0.717) is 6.04 Å². The Morgan fingerprint density at radius 3 is 2.15 bits per heavy atom. The fourth-order valence-electron chi connectivity index (χ4n) is 1.87. The number of hydrogen-bond donors (Lipinski definition) is 1. The molecule has 1 N–H and O–H groups in total. The summed E-state index contributed by atoms with van der Waals surface area (Å²) in [5.74, 6) is 2.09. The van der Waals surface area contributed by atoms with E-state index in [1.165, 1.54) is 11.1 Å². The largest absolute Gasteiger partial charge is 0.466 e. The second-order valence-corrected chi connectivity index (χ2v) is 3.50. The molecular weight excluding hydrogens is 162 g/mol. The van der Waals surface area contributed by atoms with Crippen LogP contribution in [0.2, 0.25) is 0 Å². The lowest BCUT2D eigenvalue weighted by Gasteiger charge is -2.14. The lowest BCUT2D eigenvalue weighted by molar-refractivity contribution is 0.488. The third-order valence-electron chi connectivity index (χ3n) is 2.72. The van der Waals surface area contributed by atoms with Crippen LogP contribution in [0.4, 0.5) is 0 Å². The smallest absolute Gasteiger partial charge is 0.106 e. The number of furan rings is 1. The molecule has 0 aliphatic rings. The molecule has 74 valence electrons. The van der Waals surface area contributed by atoms with Gasteiger partial charge < -0.3 is 9.73 Å². The first-order valence-corrected chi connectivity index (χ1v) is 4.85. The van der Waals surface area contributed by atoms with Crippen LogP contribution in [-0.4, -0.2) is 7.05 Å². The molecule has 0 saturated carbocycles. The summed E-state index contributed by atoms with van der Waals surface area (Å²) in [5.41, 5.74) is 2.63. The minimum Gasteiger partial charge on any atom is -0.466 e. The van der Waals surface area contributed by atoms with Crippen LogP contribution in [-0.2, 0) is 0 Å². The Balaban J connectivity index is 3.11. The van der Waals surface area contributed by atoms with E-state index in [9.17, 15) is 0 Å². The zero-order valence-electron chi connectivity index (χ0n) is 9.19. The third kappa shape index (κ3) is 1.78. The fourth-order valence-corrected chi connectivity index (χ4v) is 1.87. The van der Waals surface area contributed by atoms with E-state index in [2.05, 4.69) is 19.2 Å². The highest BCUT2D eigenvalue weighted by atomic mass is 16.3. The predicted molar refractivity (Wildman–Crippen MR) is 55.0 cm³/mol. The molecule has 2 heteroatoms. The zero-order chi connectivity index (χ0) is 10.0. The van der Waals surface area contributed by atoms with Gasteiger partial charge in [-0.15, -0.1) is 0 Å². The summed E-state index contributed by atoms with van der Waals surface area (Å²) < 4.78 is 5.59. The van der Waals surface area contributed by atoms with Crippen molar-refractivity contribution >= 4 is 0 Å². The first-order chi connectivity index (χ1) is 6.11. The topological polar surface area (TPSA) is 25.2 Å². The summed E-state index contributed by atoms with van der Waals surface area (Å²) in [7, 11) is 2.00. The molecule has 0 saturated heterocycles. The standard InChI is InChI=1S/C11H19NO/c1-6-10(12-5)11-7(2)8(3)13-9(11)4/h10,12H,6H2,1-5H3. The maximum absolute atomic E-state index is 5.59. The van der Waals surface area contributed by atoms with Crippen molar-refractivity contribution in [3.05, 3.63) is 22.6 Å². The van der Waals surface area contributed by atoms with E-state index in [0.717, 1.165) is 17.9 Å². The Morgan fingerprint density at radius 2 is 1.85 bits per heavy atom. The van der Waals surface area contributed by atoms with Gasteiger partial charge in [0.25, 0.3) is 0 Å². The summed E-state index contributed by atoms with van der Waals surface area (Å²) in [5, 5.41) is 3.30. The highest BCUT2D eigenvalue weighted by Gasteiger charge is 2.17. The number of hydrogen-bond acceptors (Lipinski definition) is 2. The van der Waals surface area contributed by atoms with Crippen molar-refractivity contribution in [1.29, 1.82) is 0 Å². The molecule has 0 radical (unpaired) electrons. The summed E-state index contributed by atoms with van der Waals surface area (Å²) in [6.45, 7) is 8.37. The Labute approximate surface area is 80.3 Å². The molecule has 0 aliphatic carbocycles. The molecule has 1 heterocycles. The Bertz CT molecular complexity index is 285. The van der Waals surface area contributed by atoms with Crippen LogP contribution in [0.15, 0.2) is 4.42 Å². The molecule has 0 spiro atoms. The third-order valence-corrected chi connectivity index (χ3v) is 2.72. The molecule has 1 unspecified atom stereocenters. The minimum atomic E-state index is 0.428. The van der Waals surface area contributed by atoms with Gasteiger partial charge in [0.2, 0.25) is 0 Å². The number of nitrogens with one attached hydrogen (secondary N) is 1. The lowest BCUT2D eigenvalue weighted by atomic mass is 10.0. The van der Waals surface area contributed by atoms with Crippen LogP contribution >= 0.6 is 0 Å². The van der Waals surface area contributed by atoms with Crippen molar-refractivity contribution in [1.82, 2.24) is 5.32 Å². The second-order valence-electron chi connectivity index (χ2n) is 3.50. The molecular formula is C11H19NO. The maximum Gasteiger partial charge on any atom is 0.106 e. The molecule has 1 aromatic rings. The quantitative estimate of drug-likeness (QED) is 0.775. The SMILES string of the molecule is CCC(NC)c1c(C)oc(C)c1C. The van der Waals surface area contributed by atoms with Gasteiger partial charge in [-0.25, -0.2) is 0 Å². The van der Waals surface area contributed by atoms with Crippen molar-refractivity contribution in [2.75, 3.05) is 7.05 Å². The summed E-state index contributed by atoms with van der Waals surface area (Å²) >= 11 is 0. The number of aryl methyl sites for hydroxylation is 2. The Kier molecular flexibility index (Phi) is 3.15. The second kappa shape index (κ2) is 3.97. The van der Waals surface area contributed by atoms with Crippen LogP contribution in [0.5, 0.6) is 0 Å². The van der Waals surface area contributed by atoms with Gasteiger partial charge in [-0.05, 0) is 39.8 Å². The van der Waals surface area contributed by atoms with Gasteiger partial charge >= 0.3 is 0 Å². The fraction of sp³-hybridized carbons (Fsp3) is 0.636. The maximum atomic E-state index is 5.59. The molecule has 13 heavy (non-hydrogen) atoms. The average molecular weight is 181 g/mol. The summed E-state index contributed by atoms with van der Waals surface area (Å²) in [6, 6.07) is 0.428. The van der Waals surface area contributed by atoms with Crippen LogP contribution in [0, 0.1) is 20.8 Å². The van der Waals surface area contributed by atoms with Gasteiger partial charge in [-0.3, -0.25) is 0 Å². The Hall–Kier alpha value is -0.760. The first kappa shape index (κ1) is 10.3. The number of rotatable bonds is 3. The average Bonchev–Trinajstić information content (AvgIpc) is 2.34. The first-order valence-electron chi connectivity index (χ1n) is 4.85. The molecule has 0 aliphatic heterocycles. The van der Waals surface area contributed by atoms with Crippen LogP contribution < -0.4 is 5.32 Å². The highest BCUT2D eigenvalue weighted by molar-refractivity contribution is 5.34. The van der Waals surface area contributed by atoms with Crippen molar-refractivity contribution in [2.45, 2.75) is 40.2 Å². The molecule has 0 amide bonds. The van der Waals surface area contributed by atoms with E-state index in [1.807, 2.05) is 20.9 Å². The molecule has 2 nitrogen and oxygen atoms in total. The zero-order valence-corrected chi connectivity index (χ0v) is 9.19. The monoisotopic (exact) mass is 181 g/mol. The minimum absolute atomic E-state index is 0.428. The van der Waals surface area contributed by atoms with Crippen molar-refractivity contribution in [3.63, 3.8) is 0 Å². The Morgan fingerprint density at radius 1 is 1.23 bits per heavy atom. The van der Waals surface area contributed by atoms with E-state index in [4.69, 9.17) is 4.42 Å². The molecule has 0 aromatic carbocycles. The van der Waals surface area contributed by atoms with Gasteiger partial charge in [0.05, 0.1) is 0 Å². The van der Waals surface area contributed by atoms with Gasteiger partial charge in [0.15, 0.2) is 0 Å². The van der Waals surface area contributed by atoms with E-state index in [-0.39, 0.29) is 0 Å². The van der Waals surface area contributed by atoms with Gasteiger partial charge in [-0.1, -0.05) is 6.92 Å². The summed E-state index contributed by atoms with van der Waals surface area (Å²) in [4.78, 5) is 0. The van der Waals surface area contributed by atoms with Crippen molar-refractivity contribution < 1.29 is 4.42 Å². The van der Waals surface area contributed by atoms with E-state index >= 15 is 0 Å². The van der Waals surface area contributed by atoms with Crippen LogP contribution in [0.1, 0.15) is 42.0 Å². The van der Waals surface area contributed by atoms with E-state index in [1.54, 1.807) is 0 Å². The molecule has 0 fully saturated rings. The molecule has 1 atom stereocenters. The van der Waals surface area contributed by atoms with Crippen molar-refractivity contribution in [2.24, 2.45) is 0 Å². The molecule has 0 bridgehead atoms. The van der Waals surface area contributed by atoms with Crippen LogP contribution in [0.25, 0.3) is 0 Å². The van der Waals surface area contributed by atoms with E-state index < -0.39 is 0 Å². The van der Waals surface area contributed by atoms with Gasteiger partial charge in [0, 0.05) is 11.6 Å².